The lowest BCUT2D eigenvalue weighted by atomic mass is 10.2. The number of hydrogen-bond donors (Lipinski definition) is 1. The van der Waals surface area contributed by atoms with Gasteiger partial charge < -0.3 is 24.4 Å². The van der Waals surface area contributed by atoms with E-state index in [-0.39, 0.29) is 24.8 Å². The Balaban J connectivity index is 2.07. The molecule has 0 spiro atoms. The molecule has 0 aromatic heterocycles. The third-order valence-corrected chi connectivity index (χ3v) is 3.99. The van der Waals surface area contributed by atoms with Gasteiger partial charge in [-0.25, -0.2) is 0 Å². The maximum Gasteiger partial charge on any atom is 0.226 e. The van der Waals surface area contributed by atoms with Crippen molar-refractivity contribution in [1.29, 1.82) is 0 Å². The molecule has 2 amide bonds. The number of rotatable bonds is 8. The molecule has 0 atom stereocenters. The number of amides is 2. The van der Waals surface area contributed by atoms with Gasteiger partial charge in [-0.05, 0) is 24.3 Å². The van der Waals surface area contributed by atoms with Gasteiger partial charge in [-0.15, -0.1) is 0 Å². The standard InChI is InChI=1S/C20H24N2O5/c1-14(23)22(15-6-5-7-16(12-15)25-2)11-10-20(24)21-18-13-17(26-3)8-9-19(18)27-4/h5-9,12-13H,10-11H2,1-4H3,(H,21,24). The molecular weight excluding hydrogens is 348 g/mol. The summed E-state index contributed by atoms with van der Waals surface area (Å²) in [5, 5.41) is 2.80. The Morgan fingerprint density at radius 2 is 1.67 bits per heavy atom. The number of methoxy groups -OCH3 is 3. The zero-order valence-corrected chi connectivity index (χ0v) is 15.9. The summed E-state index contributed by atoms with van der Waals surface area (Å²) in [5.41, 5.74) is 1.19. The highest BCUT2D eigenvalue weighted by Crippen LogP contribution is 2.29. The summed E-state index contributed by atoms with van der Waals surface area (Å²) < 4.78 is 15.6. The molecule has 0 radical (unpaired) electrons. The molecule has 0 saturated carbocycles. The van der Waals surface area contributed by atoms with Gasteiger partial charge >= 0.3 is 0 Å². The molecule has 144 valence electrons. The van der Waals surface area contributed by atoms with Crippen LogP contribution in [-0.2, 0) is 9.59 Å². The van der Waals surface area contributed by atoms with E-state index in [1.165, 1.54) is 18.9 Å². The minimum atomic E-state index is -0.240. The average molecular weight is 372 g/mol. The van der Waals surface area contributed by atoms with Crippen LogP contribution in [0.2, 0.25) is 0 Å². The van der Waals surface area contributed by atoms with Crippen molar-refractivity contribution < 1.29 is 23.8 Å². The van der Waals surface area contributed by atoms with Crippen molar-refractivity contribution >= 4 is 23.2 Å². The van der Waals surface area contributed by atoms with Crippen molar-refractivity contribution in [3.8, 4) is 17.2 Å². The van der Waals surface area contributed by atoms with Crippen LogP contribution >= 0.6 is 0 Å². The van der Waals surface area contributed by atoms with Crippen LogP contribution in [0.5, 0.6) is 17.2 Å². The summed E-state index contributed by atoms with van der Waals surface area (Å²) in [6, 6.07) is 12.3. The molecular formula is C20H24N2O5. The van der Waals surface area contributed by atoms with Crippen LogP contribution < -0.4 is 24.4 Å². The smallest absolute Gasteiger partial charge is 0.226 e. The van der Waals surface area contributed by atoms with E-state index in [0.29, 0.717) is 28.6 Å². The molecule has 7 nitrogen and oxygen atoms in total. The third-order valence-electron chi connectivity index (χ3n) is 3.99. The highest BCUT2D eigenvalue weighted by Gasteiger charge is 2.15. The number of carbonyl (C=O) groups excluding carboxylic acids is 2. The Morgan fingerprint density at radius 3 is 2.30 bits per heavy atom. The lowest BCUT2D eigenvalue weighted by Gasteiger charge is -2.21. The van der Waals surface area contributed by atoms with Gasteiger partial charge in [0.15, 0.2) is 0 Å². The molecule has 0 aliphatic rings. The van der Waals surface area contributed by atoms with E-state index in [9.17, 15) is 9.59 Å². The minimum absolute atomic E-state index is 0.122. The van der Waals surface area contributed by atoms with Crippen molar-refractivity contribution in [1.82, 2.24) is 0 Å². The summed E-state index contributed by atoms with van der Waals surface area (Å²) in [6.45, 7) is 1.70. The molecule has 0 aliphatic heterocycles. The molecule has 1 N–H and O–H groups in total. The van der Waals surface area contributed by atoms with Gasteiger partial charge in [0.2, 0.25) is 11.8 Å². The second kappa shape index (κ2) is 9.47. The van der Waals surface area contributed by atoms with E-state index in [2.05, 4.69) is 5.32 Å². The van der Waals surface area contributed by atoms with E-state index in [1.807, 2.05) is 0 Å². The van der Waals surface area contributed by atoms with E-state index in [1.54, 1.807) is 56.7 Å². The van der Waals surface area contributed by atoms with Crippen LogP contribution in [0.3, 0.4) is 0 Å². The van der Waals surface area contributed by atoms with Crippen LogP contribution in [0.15, 0.2) is 42.5 Å². The quantitative estimate of drug-likeness (QED) is 0.770. The topological polar surface area (TPSA) is 77.1 Å². The van der Waals surface area contributed by atoms with E-state index in [4.69, 9.17) is 14.2 Å². The Labute approximate surface area is 158 Å². The van der Waals surface area contributed by atoms with Gasteiger partial charge in [0.1, 0.15) is 17.2 Å². The lowest BCUT2D eigenvalue weighted by molar-refractivity contribution is -0.117. The zero-order chi connectivity index (χ0) is 19.8. The zero-order valence-electron chi connectivity index (χ0n) is 15.9. The monoisotopic (exact) mass is 372 g/mol. The van der Waals surface area contributed by atoms with Crippen LogP contribution in [0, 0.1) is 0 Å². The maximum atomic E-state index is 12.4. The summed E-state index contributed by atoms with van der Waals surface area (Å²) in [5.74, 6) is 1.38. The summed E-state index contributed by atoms with van der Waals surface area (Å²) in [6.07, 6.45) is 0.122. The summed E-state index contributed by atoms with van der Waals surface area (Å²) >= 11 is 0. The van der Waals surface area contributed by atoms with E-state index in [0.717, 1.165) is 0 Å². The second-order valence-electron chi connectivity index (χ2n) is 5.74. The Kier molecular flexibility index (Phi) is 7.05. The van der Waals surface area contributed by atoms with Gasteiger partial charge in [-0.2, -0.15) is 0 Å². The largest absolute Gasteiger partial charge is 0.497 e. The number of carbonyl (C=O) groups is 2. The van der Waals surface area contributed by atoms with Crippen molar-refractivity contribution in [2.24, 2.45) is 0 Å². The molecule has 0 unspecified atom stereocenters. The first kappa shape index (κ1) is 20.1. The number of ether oxygens (including phenoxy) is 3. The first-order chi connectivity index (χ1) is 13.0. The number of hydrogen-bond acceptors (Lipinski definition) is 5. The van der Waals surface area contributed by atoms with Crippen molar-refractivity contribution in [3.63, 3.8) is 0 Å². The minimum Gasteiger partial charge on any atom is -0.497 e. The predicted molar refractivity (Wildman–Crippen MR) is 104 cm³/mol. The maximum absolute atomic E-state index is 12.4. The molecule has 0 fully saturated rings. The lowest BCUT2D eigenvalue weighted by Crippen LogP contribution is -2.32. The molecule has 0 heterocycles. The van der Waals surface area contributed by atoms with Crippen LogP contribution in [0.1, 0.15) is 13.3 Å². The molecule has 0 bridgehead atoms. The molecule has 2 aromatic rings. The van der Waals surface area contributed by atoms with Gasteiger partial charge in [0, 0.05) is 37.7 Å². The van der Waals surface area contributed by atoms with Crippen molar-refractivity contribution in [2.75, 3.05) is 38.1 Å². The highest BCUT2D eigenvalue weighted by molar-refractivity contribution is 5.95. The predicted octanol–water partition coefficient (Wildman–Crippen LogP) is 3.09. The van der Waals surface area contributed by atoms with Crippen molar-refractivity contribution in [2.45, 2.75) is 13.3 Å². The van der Waals surface area contributed by atoms with Crippen LogP contribution in [-0.4, -0.2) is 39.7 Å². The van der Waals surface area contributed by atoms with Gasteiger partial charge in [0.05, 0.1) is 27.0 Å². The van der Waals surface area contributed by atoms with Crippen molar-refractivity contribution in [3.05, 3.63) is 42.5 Å². The molecule has 2 aromatic carbocycles. The average Bonchev–Trinajstić information content (AvgIpc) is 2.68. The van der Waals surface area contributed by atoms with E-state index < -0.39 is 0 Å². The van der Waals surface area contributed by atoms with E-state index >= 15 is 0 Å². The molecule has 2 rings (SSSR count). The molecule has 27 heavy (non-hydrogen) atoms. The molecule has 0 saturated heterocycles. The summed E-state index contributed by atoms with van der Waals surface area (Å²) in [4.78, 5) is 25.9. The number of nitrogens with zero attached hydrogens (tertiary/aromatic N) is 1. The van der Waals surface area contributed by atoms with Gasteiger partial charge in [-0.3, -0.25) is 9.59 Å². The second-order valence-corrected chi connectivity index (χ2v) is 5.74. The van der Waals surface area contributed by atoms with Gasteiger partial charge in [-0.1, -0.05) is 6.07 Å². The Hall–Kier alpha value is -3.22. The van der Waals surface area contributed by atoms with Crippen LogP contribution in [0.25, 0.3) is 0 Å². The number of benzene rings is 2. The number of nitrogens with one attached hydrogen (secondary N) is 1. The Bertz CT molecular complexity index is 807. The fourth-order valence-electron chi connectivity index (χ4n) is 2.58. The normalized spacial score (nSPS) is 10.1. The molecule has 0 aliphatic carbocycles. The molecule has 7 heteroatoms. The Morgan fingerprint density at radius 1 is 0.963 bits per heavy atom. The fourth-order valence-corrected chi connectivity index (χ4v) is 2.58. The number of anilines is 2. The fraction of sp³-hybridized carbons (Fsp3) is 0.300. The van der Waals surface area contributed by atoms with Gasteiger partial charge in [0.25, 0.3) is 0 Å². The summed E-state index contributed by atoms with van der Waals surface area (Å²) in [7, 11) is 4.64. The first-order valence-corrected chi connectivity index (χ1v) is 8.42. The van der Waals surface area contributed by atoms with Crippen LogP contribution in [0.4, 0.5) is 11.4 Å². The third kappa shape index (κ3) is 5.37. The SMILES string of the molecule is COc1cccc(N(CCC(=O)Nc2cc(OC)ccc2OC)C(C)=O)c1. The first-order valence-electron chi connectivity index (χ1n) is 8.42. The highest BCUT2D eigenvalue weighted by atomic mass is 16.5.